The van der Waals surface area contributed by atoms with Gasteiger partial charge in [-0.25, -0.2) is 0 Å². The topological polar surface area (TPSA) is 32.8 Å². The van der Waals surface area contributed by atoms with E-state index in [1.54, 1.807) is 0 Å². The van der Waals surface area contributed by atoms with Crippen LogP contribution in [0.2, 0.25) is 0 Å². The second-order valence-corrected chi connectivity index (χ2v) is 16.4. The fourth-order valence-electron chi connectivity index (χ4n) is 9.37. The molecule has 62 heavy (non-hydrogen) atoms. The standard InChI is InChI=1S/C58H40N2O2/c1-37-14-12-22-46(28-37)59(44-18-8-4-9-19-44)48-26-24-40-32-50-51-36-55-57(56(39-16-6-3-7-17-39)58(51)62-53(50)34-42(40)30-48)52-33-41-25-27-49(31-43(41)35-54(52)61-55)60(45-20-10-5-11-21-45)47-23-13-15-38(2)29-47/h3-36H,1-2H3. The molecule has 2 aromatic heterocycles. The van der Waals surface area contributed by atoms with E-state index >= 15 is 0 Å². The van der Waals surface area contributed by atoms with Crippen LogP contribution in [0.25, 0.3) is 76.5 Å². The van der Waals surface area contributed by atoms with Crippen LogP contribution in [0.3, 0.4) is 0 Å². The Kier molecular flexibility index (Phi) is 8.26. The lowest BCUT2D eigenvalue weighted by atomic mass is 9.95. The third kappa shape index (κ3) is 5.99. The van der Waals surface area contributed by atoms with Gasteiger partial charge in [0.2, 0.25) is 0 Å². The molecular formula is C58H40N2O2. The molecule has 4 nitrogen and oxygen atoms in total. The van der Waals surface area contributed by atoms with Crippen LogP contribution in [0.1, 0.15) is 11.1 Å². The molecule has 0 bridgehead atoms. The molecule has 0 aliphatic heterocycles. The summed E-state index contributed by atoms with van der Waals surface area (Å²) in [7, 11) is 0. The lowest BCUT2D eigenvalue weighted by Gasteiger charge is -2.26. The Morgan fingerprint density at radius 3 is 1.35 bits per heavy atom. The molecule has 12 aromatic rings. The maximum absolute atomic E-state index is 7.02. The number of hydrogen-bond donors (Lipinski definition) is 0. The molecule has 0 N–H and O–H groups in total. The van der Waals surface area contributed by atoms with E-state index in [4.69, 9.17) is 8.83 Å². The van der Waals surface area contributed by atoms with Crippen molar-refractivity contribution in [2.24, 2.45) is 0 Å². The van der Waals surface area contributed by atoms with Gasteiger partial charge in [0.1, 0.15) is 22.3 Å². The van der Waals surface area contributed by atoms with Gasteiger partial charge in [0.05, 0.1) is 0 Å². The van der Waals surface area contributed by atoms with Gasteiger partial charge in [0.15, 0.2) is 0 Å². The summed E-state index contributed by atoms with van der Waals surface area (Å²) < 4.78 is 13.9. The van der Waals surface area contributed by atoms with Gasteiger partial charge in [-0.15, -0.1) is 0 Å². The molecule has 0 aliphatic carbocycles. The van der Waals surface area contributed by atoms with E-state index < -0.39 is 0 Å². The molecular weight excluding hydrogens is 757 g/mol. The zero-order valence-corrected chi connectivity index (χ0v) is 34.3. The first-order chi connectivity index (χ1) is 30.5. The number of rotatable bonds is 7. The summed E-state index contributed by atoms with van der Waals surface area (Å²) in [6.45, 7) is 4.28. The number of nitrogens with zero attached hydrogens (tertiary/aromatic N) is 2. The molecule has 4 heteroatoms. The van der Waals surface area contributed by atoms with Gasteiger partial charge in [0, 0.05) is 61.2 Å². The summed E-state index contributed by atoms with van der Waals surface area (Å²) in [6, 6.07) is 73.6. The van der Waals surface area contributed by atoms with E-state index in [0.29, 0.717) is 0 Å². The van der Waals surface area contributed by atoms with Crippen molar-refractivity contribution >= 4 is 99.5 Å². The van der Waals surface area contributed by atoms with Crippen LogP contribution < -0.4 is 9.80 Å². The second-order valence-electron chi connectivity index (χ2n) is 16.4. The van der Waals surface area contributed by atoms with Crippen LogP contribution >= 0.6 is 0 Å². The molecule has 0 aliphatic rings. The maximum Gasteiger partial charge on any atom is 0.144 e. The molecule has 0 fully saturated rings. The van der Waals surface area contributed by atoms with Gasteiger partial charge >= 0.3 is 0 Å². The second kappa shape index (κ2) is 14.3. The molecule has 0 saturated carbocycles. The van der Waals surface area contributed by atoms with Gasteiger partial charge in [-0.3, -0.25) is 0 Å². The van der Waals surface area contributed by atoms with Crippen molar-refractivity contribution in [2.45, 2.75) is 13.8 Å². The Morgan fingerprint density at radius 2 is 0.806 bits per heavy atom. The monoisotopic (exact) mass is 796 g/mol. The molecule has 12 rings (SSSR count). The largest absolute Gasteiger partial charge is 0.456 e. The Labute approximate surface area is 359 Å². The normalized spacial score (nSPS) is 11.7. The quantitative estimate of drug-likeness (QED) is 0.161. The molecule has 0 spiro atoms. The summed E-state index contributed by atoms with van der Waals surface area (Å²) in [5, 5.41) is 8.71. The average molecular weight is 797 g/mol. The summed E-state index contributed by atoms with van der Waals surface area (Å²) in [4.78, 5) is 4.63. The number of aryl methyl sites for hydroxylation is 2. The van der Waals surface area contributed by atoms with Crippen molar-refractivity contribution in [3.8, 4) is 11.1 Å². The smallest absolute Gasteiger partial charge is 0.144 e. The first-order valence-corrected chi connectivity index (χ1v) is 21.1. The van der Waals surface area contributed by atoms with E-state index in [1.165, 1.54) is 11.1 Å². The molecule has 2 heterocycles. The molecule has 294 valence electrons. The predicted octanol–water partition coefficient (Wildman–Crippen LogP) is 17.0. The highest BCUT2D eigenvalue weighted by Crippen LogP contribution is 2.47. The van der Waals surface area contributed by atoms with Gasteiger partial charge in [-0.1, -0.05) is 103 Å². The van der Waals surface area contributed by atoms with E-state index in [9.17, 15) is 0 Å². The minimum Gasteiger partial charge on any atom is -0.456 e. The van der Waals surface area contributed by atoms with Crippen molar-refractivity contribution in [2.75, 3.05) is 9.80 Å². The van der Waals surface area contributed by atoms with Gasteiger partial charge in [0.25, 0.3) is 0 Å². The SMILES string of the molecule is Cc1cccc(N(c2ccccc2)c2ccc3cc4c(cc3c2)oc2c(-c3ccccc3)c3c(cc24)oc2cc4cc(N(c5ccccc5)c5cccc(C)c5)ccc4cc23)c1. The molecule has 0 saturated heterocycles. The number of hydrogen-bond acceptors (Lipinski definition) is 4. The van der Waals surface area contributed by atoms with Crippen LogP contribution in [0.4, 0.5) is 34.1 Å². The highest BCUT2D eigenvalue weighted by atomic mass is 16.3. The first-order valence-electron chi connectivity index (χ1n) is 21.1. The Bertz CT molecular complexity index is 3560. The van der Waals surface area contributed by atoms with E-state index in [1.807, 2.05) is 0 Å². The number of para-hydroxylation sites is 2. The zero-order chi connectivity index (χ0) is 41.3. The Hall–Kier alpha value is -8.08. The zero-order valence-electron chi connectivity index (χ0n) is 34.3. The predicted molar refractivity (Wildman–Crippen MR) is 260 cm³/mol. The summed E-state index contributed by atoms with van der Waals surface area (Å²) in [6.07, 6.45) is 0. The van der Waals surface area contributed by atoms with Crippen molar-refractivity contribution in [1.82, 2.24) is 0 Å². The third-order valence-corrected chi connectivity index (χ3v) is 12.2. The van der Waals surface area contributed by atoms with E-state index in [-0.39, 0.29) is 0 Å². The maximum atomic E-state index is 7.02. The summed E-state index contributed by atoms with van der Waals surface area (Å²) in [5.41, 5.74) is 14.5. The minimum atomic E-state index is 0.836. The van der Waals surface area contributed by atoms with Crippen molar-refractivity contribution in [3.05, 3.63) is 217 Å². The van der Waals surface area contributed by atoms with E-state index in [2.05, 4.69) is 230 Å². The van der Waals surface area contributed by atoms with Crippen LogP contribution in [-0.2, 0) is 0 Å². The number of benzene rings is 10. The fourth-order valence-corrected chi connectivity index (χ4v) is 9.37. The lowest BCUT2D eigenvalue weighted by Crippen LogP contribution is -2.09. The highest BCUT2D eigenvalue weighted by molar-refractivity contribution is 6.25. The van der Waals surface area contributed by atoms with Gasteiger partial charge in [-0.2, -0.15) is 0 Å². The number of fused-ring (bicyclic) bond motifs is 8. The van der Waals surface area contributed by atoms with Gasteiger partial charge in [-0.05, 0) is 155 Å². The van der Waals surface area contributed by atoms with Crippen LogP contribution in [0.5, 0.6) is 0 Å². The number of anilines is 6. The van der Waals surface area contributed by atoms with E-state index in [0.717, 1.165) is 111 Å². The average Bonchev–Trinajstić information content (AvgIpc) is 3.84. The van der Waals surface area contributed by atoms with Crippen LogP contribution in [0, 0.1) is 13.8 Å². The van der Waals surface area contributed by atoms with Crippen molar-refractivity contribution in [3.63, 3.8) is 0 Å². The molecule has 10 aromatic carbocycles. The fraction of sp³-hybridized carbons (Fsp3) is 0.0345. The van der Waals surface area contributed by atoms with Gasteiger partial charge < -0.3 is 18.6 Å². The van der Waals surface area contributed by atoms with Crippen molar-refractivity contribution in [1.29, 1.82) is 0 Å². The summed E-state index contributed by atoms with van der Waals surface area (Å²) >= 11 is 0. The Balaban J connectivity index is 1.04. The molecule has 0 unspecified atom stereocenters. The van der Waals surface area contributed by atoms with Crippen LogP contribution in [0.15, 0.2) is 215 Å². The Morgan fingerprint density at radius 1 is 0.323 bits per heavy atom. The first kappa shape index (κ1) is 35.8. The third-order valence-electron chi connectivity index (χ3n) is 12.2. The van der Waals surface area contributed by atoms with Crippen molar-refractivity contribution < 1.29 is 8.83 Å². The lowest BCUT2D eigenvalue weighted by molar-refractivity contribution is 0.665. The molecule has 0 amide bonds. The van der Waals surface area contributed by atoms with Crippen LogP contribution in [-0.4, -0.2) is 0 Å². The summed E-state index contributed by atoms with van der Waals surface area (Å²) in [5.74, 6) is 0. The number of furan rings is 2. The molecule has 0 radical (unpaired) electrons. The molecule has 0 atom stereocenters. The minimum absolute atomic E-state index is 0.836. The highest BCUT2D eigenvalue weighted by Gasteiger charge is 2.23.